The van der Waals surface area contributed by atoms with Crippen molar-refractivity contribution in [3.05, 3.63) is 101 Å². The topological polar surface area (TPSA) is 100 Å². The van der Waals surface area contributed by atoms with Gasteiger partial charge < -0.3 is 14.2 Å². The minimum Gasteiger partial charge on any atom is -0.493 e. The van der Waals surface area contributed by atoms with E-state index in [1.54, 1.807) is 18.2 Å². The number of nitro benzene ring substituents is 1. The van der Waals surface area contributed by atoms with E-state index in [1.807, 2.05) is 24.3 Å². The number of esters is 1. The van der Waals surface area contributed by atoms with Gasteiger partial charge in [0.1, 0.15) is 6.61 Å². The molecule has 0 spiro atoms. The lowest BCUT2D eigenvalue weighted by atomic mass is 10.1. The van der Waals surface area contributed by atoms with Crippen LogP contribution in [-0.4, -0.2) is 23.9 Å². The van der Waals surface area contributed by atoms with Gasteiger partial charge in [-0.05, 0) is 92.1 Å². The quantitative estimate of drug-likeness (QED) is 0.106. The van der Waals surface area contributed by atoms with E-state index in [9.17, 15) is 14.9 Å². The van der Waals surface area contributed by atoms with Gasteiger partial charge in [0.2, 0.25) is 5.90 Å². The van der Waals surface area contributed by atoms with E-state index >= 15 is 0 Å². The smallest absolute Gasteiger partial charge is 0.363 e. The van der Waals surface area contributed by atoms with Crippen LogP contribution in [0, 0.1) is 13.7 Å². The SMILES string of the molecule is COc1cc(/C=C2\N=C(c3ccc([N+](=O)[O-])cc3)OC2=O)cc(Br)c1OCc1ccc(I)cc1. The Labute approximate surface area is 216 Å². The van der Waals surface area contributed by atoms with Gasteiger partial charge in [-0.1, -0.05) is 12.1 Å². The molecule has 1 aliphatic rings. The van der Waals surface area contributed by atoms with Gasteiger partial charge in [0.15, 0.2) is 17.2 Å². The first-order valence-corrected chi connectivity index (χ1v) is 11.7. The summed E-state index contributed by atoms with van der Waals surface area (Å²) in [6, 6.07) is 17.1. The molecule has 0 saturated heterocycles. The molecule has 0 radical (unpaired) electrons. The van der Waals surface area contributed by atoms with Crippen LogP contribution in [0.5, 0.6) is 11.5 Å². The van der Waals surface area contributed by atoms with Crippen molar-refractivity contribution < 1.29 is 23.9 Å². The average molecular weight is 635 g/mol. The van der Waals surface area contributed by atoms with E-state index in [1.165, 1.54) is 31.4 Å². The molecule has 0 unspecified atom stereocenters. The fraction of sp³-hybridized carbons (Fsp3) is 0.0833. The molecule has 4 rings (SSSR count). The van der Waals surface area contributed by atoms with Gasteiger partial charge in [-0.2, -0.15) is 0 Å². The van der Waals surface area contributed by atoms with Crippen LogP contribution in [0.4, 0.5) is 5.69 Å². The minimum absolute atomic E-state index is 0.0642. The molecule has 0 bridgehead atoms. The second-order valence-electron chi connectivity index (χ2n) is 7.09. The largest absolute Gasteiger partial charge is 0.493 e. The third-order valence-electron chi connectivity index (χ3n) is 4.80. The average Bonchev–Trinajstić information content (AvgIpc) is 3.19. The lowest BCUT2D eigenvalue weighted by molar-refractivity contribution is -0.384. The number of aliphatic imine (C=N–C) groups is 1. The van der Waals surface area contributed by atoms with Gasteiger partial charge in [0.25, 0.3) is 5.69 Å². The first-order chi connectivity index (χ1) is 16.3. The van der Waals surface area contributed by atoms with Crippen LogP contribution in [0.3, 0.4) is 0 Å². The van der Waals surface area contributed by atoms with Crippen LogP contribution in [0.2, 0.25) is 0 Å². The summed E-state index contributed by atoms with van der Waals surface area (Å²) in [5.74, 6) is 0.474. The normalized spacial score (nSPS) is 14.0. The van der Waals surface area contributed by atoms with Crippen molar-refractivity contribution in [3.63, 3.8) is 0 Å². The molecule has 10 heteroatoms. The molecule has 0 aromatic heterocycles. The fourth-order valence-corrected chi connectivity index (χ4v) is 4.05. The summed E-state index contributed by atoms with van der Waals surface area (Å²) < 4.78 is 18.5. The summed E-state index contributed by atoms with van der Waals surface area (Å²) in [6.07, 6.45) is 1.57. The second kappa shape index (κ2) is 10.3. The number of benzene rings is 3. The predicted molar refractivity (Wildman–Crippen MR) is 138 cm³/mol. The minimum atomic E-state index is -0.623. The molecule has 0 amide bonds. The molecule has 1 heterocycles. The number of carbonyl (C=O) groups is 1. The number of halogens is 2. The van der Waals surface area contributed by atoms with Gasteiger partial charge in [0.05, 0.1) is 16.5 Å². The molecule has 34 heavy (non-hydrogen) atoms. The van der Waals surface area contributed by atoms with E-state index in [2.05, 4.69) is 43.5 Å². The Balaban J connectivity index is 1.57. The summed E-state index contributed by atoms with van der Waals surface area (Å²) in [5.41, 5.74) is 2.15. The molecular weight excluding hydrogens is 619 g/mol. The van der Waals surface area contributed by atoms with Crippen molar-refractivity contribution in [3.8, 4) is 11.5 Å². The highest BCUT2D eigenvalue weighted by Crippen LogP contribution is 2.38. The van der Waals surface area contributed by atoms with Crippen molar-refractivity contribution in [2.75, 3.05) is 7.11 Å². The summed E-state index contributed by atoms with van der Waals surface area (Å²) >= 11 is 5.76. The number of non-ortho nitro benzene ring substituents is 1. The van der Waals surface area contributed by atoms with E-state index in [4.69, 9.17) is 14.2 Å². The Kier molecular flexibility index (Phi) is 7.27. The molecule has 8 nitrogen and oxygen atoms in total. The third kappa shape index (κ3) is 5.45. The molecule has 0 fully saturated rings. The molecule has 0 saturated carbocycles. The van der Waals surface area contributed by atoms with Crippen LogP contribution in [0.15, 0.2) is 75.8 Å². The molecule has 1 aliphatic heterocycles. The van der Waals surface area contributed by atoms with Crippen molar-refractivity contribution in [2.24, 2.45) is 4.99 Å². The Bertz CT molecular complexity index is 1320. The van der Waals surface area contributed by atoms with E-state index in [0.717, 1.165) is 9.13 Å². The van der Waals surface area contributed by atoms with Crippen molar-refractivity contribution in [2.45, 2.75) is 6.61 Å². The Morgan fingerprint density at radius 1 is 1.15 bits per heavy atom. The zero-order valence-corrected chi connectivity index (χ0v) is 21.4. The fourth-order valence-electron chi connectivity index (χ4n) is 3.12. The molecule has 0 aliphatic carbocycles. The zero-order chi connectivity index (χ0) is 24.2. The number of ether oxygens (including phenoxy) is 3. The first kappa shape index (κ1) is 23.9. The third-order valence-corrected chi connectivity index (χ3v) is 6.11. The lowest BCUT2D eigenvalue weighted by Gasteiger charge is -2.14. The molecule has 3 aromatic carbocycles. The maximum absolute atomic E-state index is 12.3. The Hall–Kier alpha value is -3.25. The number of methoxy groups -OCH3 is 1. The number of nitro groups is 1. The lowest BCUT2D eigenvalue weighted by Crippen LogP contribution is -2.05. The number of rotatable bonds is 7. The highest BCUT2D eigenvalue weighted by Gasteiger charge is 2.25. The summed E-state index contributed by atoms with van der Waals surface area (Å²) in [7, 11) is 1.53. The first-order valence-electron chi connectivity index (χ1n) is 9.86. The molecule has 0 atom stereocenters. The van der Waals surface area contributed by atoms with Crippen LogP contribution in [-0.2, 0) is 16.1 Å². The maximum Gasteiger partial charge on any atom is 0.363 e. The van der Waals surface area contributed by atoms with Crippen molar-refractivity contribution in [1.82, 2.24) is 0 Å². The summed E-state index contributed by atoms with van der Waals surface area (Å²) in [6.45, 7) is 0.363. The van der Waals surface area contributed by atoms with Crippen molar-refractivity contribution >= 4 is 62.2 Å². The zero-order valence-electron chi connectivity index (χ0n) is 17.7. The molecule has 3 aromatic rings. The van der Waals surface area contributed by atoms with Crippen LogP contribution < -0.4 is 9.47 Å². The van der Waals surface area contributed by atoms with Gasteiger partial charge in [-0.3, -0.25) is 10.1 Å². The van der Waals surface area contributed by atoms with E-state index in [0.29, 0.717) is 33.7 Å². The number of carbonyl (C=O) groups excluding carboxylic acids is 1. The molecule has 0 N–H and O–H groups in total. The standard InChI is InChI=1S/C24H16BrIN2O6/c1-32-21-12-15(10-19(25)22(21)33-13-14-2-6-17(26)7-3-14)11-20-24(29)34-23(27-20)16-4-8-18(9-5-16)28(30)31/h2-12H,13H2,1H3/b20-11-. The number of cyclic esters (lactones) is 1. The summed E-state index contributed by atoms with van der Waals surface area (Å²) in [4.78, 5) is 26.9. The van der Waals surface area contributed by atoms with Crippen LogP contribution >= 0.6 is 38.5 Å². The second-order valence-corrected chi connectivity index (χ2v) is 9.19. The molecular formula is C24H16BrIN2O6. The number of hydrogen-bond acceptors (Lipinski definition) is 7. The van der Waals surface area contributed by atoms with Crippen molar-refractivity contribution in [1.29, 1.82) is 0 Å². The maximum atomic E-state index is 12.3. The van der Waals surface area contributed by atoms with E-state index < -0.39 is 10.9 Å². The predicted octanol–water partition coefficient (Wildman–Crippen LogP) is 5.89. The highest BCUT2D eigenvalue weighted by atomic mass is 127. The molecule has 172 valence electrons. The van der Waals surface area contributed by atoms with Gasteiger partial charge in [0, 0.05) is 21.3 Å². The van der Waals surface area contributed by atoms with Gasteiger partial charge in [-0.15, -0.1) is 0 Å². The van der Waals surface area contributed by atoms with Crippen LogP contribution in [0.1, 0.15) is 16.7 Å². The van der Waals surface area contributed by atoms with Gasteiger partial charge >= 0.3 is 5.97 Å². The monoisotopic (exact) mass is 634 g/mol. The Morgan fingerprint density at radius 2 is 1.85 bits per heavy atom. The number of nitrogens with zero attached hydrogens (tertiary/aromatic N) is 2. The van der Waals surface area contributed by atoms with E-state index in [-0.39, 0.29) is 17.3 Å². The van der Waals surface area contributed by atoms with Crippen LogP contribution in [0.25, 0.3) is 6.08 Å². The number of hydrogen-bond donors (Lipinski definition) is 0. The highest BCUT2D eigenvalue weighted by molar-refractivity contribution is 14.1. The van der Waals surface area contributed by atoms with Gasteiger partial charge in [-0.25, -0.2) is 9.79 Å². The Morgan fingerprint density at radius 3 is 2.50 bits per heavy atom. The summed E-state index contributed by atoms with van der Waals surface area (Å²) in [5, 5.41) is 10.8.